The summed E-state index contributed by atoms with van der Waals surface area (Å²) in [7, 11) is 0. The summed E-state index contributed by atoms with van der Waals surface area (Å²) in [4.78, 5) is 10.6. The minimum Gasteiger partial charge on any atom is -0.478 e. The maximum atomic E-state index is 14.1. The van der Waals surface area contributed by atoms with Crippen LogP contribution >= 0.6 is 0 Å². The molecular formula is C16H9F21O2. The maximum Gasteiger partial charge on any atom is 0.460 e. The highest BCUT2D eigenvalue weighted by Crippen LogP contribution is 2.66. The molecule has 0 aliphatic carbocycles. The van der Waals surface area contributed by atoms with Crippen molar-refractivity contribution in [3.05, 3.63) is 12.2 Å². The van der Waals surface area contributed by atoms with E-state index >= 15 is 0 Å². The Hall–Kier alpha value is -2.26. The minimum atomic E-state index is -9.26. The van der Waals surface area contributed by atoms with Crippen molar-refractivity contribution < 1.29 is 102 Å². The van der Waals surface area contributed by atoms with Crippen LogP contribution in [0.2, 0.25) is 0 Å². The summed E-state index contributed by atoms with van der Waals surface area (Å²) < 4.78 is 280. The average Bonchev–Trinajstić information content (AvgIpc) is 2.71. The number of carbonyl (C=O) groups is 1. The lowest BCUT2D eigenvalue weighted by Crippen LogP contribution is -2.77. The molecule has 23 heteroatoms. The van der Waals surface area contributed by atoms with Crippen molar-refractivity contribution in [3.8, 4) is 0 Å². The molecule has 0 bridgehead atoms. The monoisotopic (exact) mass is 632 g/mol. The molecule has 2 nitrogen and oxygen atoms in total. The van der Waals surface area contributed by atoms with Gasteiger partial charge in [-0.2, -0.15) is 92.2 Å². The molecule has 1 N–H and O–H groups in total. The molecule has 0 aliphatic rings. The predicted octanol–water partition coefficient (Wildman–Crippen LogP) is 7.93. The van der Waals surface area contributed by atoms with Crippen LogP contribution in [0.15, 0.2) is 12.2 Å². The fourth-order valence-corrected chi connectivity index (χ4v) is 2.66. The summed E-state index contributed by atoms with van der Waals surface area (Å²) in [6.07, 6.45) is -9.84. The van der Waals surface area contributed by atoms with Gasteiger partial charge in [0.25, 0.3) is 0 Å². The Balaban J connectivity index is 7.24. The Morgan fingerprint density at radius 3 is 0.974 bits per heavy atom. The van der Waals surface area contributed by atoms with Gasteiger partial charge in [-0.1, -0.05) is 13.5 Å². The highest BCUT2D eigenvalue weighted by molar-refractivity contribution is 5.86. The molecule has 1 unspecified atom stereocenters. The van der Waals surface area contributed by atoms with Crippen LogP contribution in [0.1, 0.15) is 13.3 Å². The summed E-state index contributed by atoms with van der Waals surface area (Å²) in [6, 6.07) is 0. The molecule has 0 saturated heterocycles. The average molecular weight is 632 g/mol. The van der Waals surface area contributed by atoms with Crippen LogP contribution in [0, 0.1) is 5.92 Å². The zero-order chi connectivity index (χ0) is 32.4. The number of hydrogen-bond acceptors (Lipinski definition) is 1. The van der Waals surface area contributed by atoms with Crippen LogP contribution in [-0.2, 0) is 4.79 Å². The maximum absolute atomic E-state index is 14.1. The molecule has 0 aromatic heterocycles. The molecule has 1 atom stereocenters. The standard InChI is InChI=1S/C16H9F21O2/c1-3-5(4(2)6(38)39)7(17,18)8(19,20)9(21,22)10(23,24)11(25,26)12(27,28)13(29,30)14(31,32)15(33,34)16(35,36)37/h5H,2-3H2,1H3,(H,38,39). The molecule has 0 aliphatic heterocycles. The normalized spacial score (nSPS) is 16.8. The molecule has 0 aromatic rings. The number of aliphatic carboxylic acids is 1. The smallest absolute Gasteiger partial charge is 0.460 e. The highest BCUT2D eigenvalue weighted by atomic mass is 19.4. The van der Waals surface area contributed by atoms with E-state index in [-0.39, 0.29) is 6.92 Å². The van der Waals surface area contributed by atoms with E-state index in [9.17, 15) is 97.0 Å². The quantitative estimate of drug-likeness (QED) is 0.175. The Morgan fingerprint density at radius 2 is 0.769 bits per heavy atom. The molecule has 0 radical (unpaired) electrons. The zero-order valence-corrected chi connectivity index (χ0v) is 17.8. The van der Waals surface area contributed by atoms with Gasteiger partial charge in [0.05, 0.1) is 5.92 Å². The van der Waals surface area contributed by atoms with E-state index in [0.717, 1.165) is 0 Å². The first-order valence-electron chi connectivity index (χ1n) is 8.94. The number of carboxylic acid groups (broad SMARTS) is 1. The van der Waals surface area contributed by atoms with Crippen LogP contribution < -0.4 is 0 Å². The Morgan fingerprint density at radius 1 is 0.538 bits per heavy atom. The summed E-state index contributed by atoms with van der Waals surface area (Å²) in [5, 5.41) is 8.47. The van der Waals surface area contributed by atoms with Crippen LogP contribution in [-0.4, -0.2) is 70.6 Å². The number of alkyl halides is 21. The van der Waals surface area contributed by atoms with E-state index in [0.29, 0.717) is 0 Å². The molecular weight excluding hydrogens is 623 g/mol. The Labute approximate surface area is 200 Å². The first-order valence-corrected chi connectivity index (χ1v) is 8.94. The summed E-state index contributed by atoms with van der Waals surface area (Å²) >= 11 is 0. The van der Waals surface area contributed by atoms with E-state index in [1.165, 1.54) is 0 Å². The van der Waals surface area contributed by atoms with Gasteiger partial charge in [0, 0.05) is 5.57 Å². The number of halogens is 21. The summed E-state index contributed by atoms with van der Waals surface area (Å²) in [6.45, 7) is 2.42. The second-order valence-corrected chi connectivity index (χ2v) is 7.51. The van der Waals surface area contributed by atoms with Crippen molar-refractivity contribution in [3.63, 3.8) is 0 Å². The van der Waals surface area contributed by atoms with Gasteiger partial charge in [0.2, 0.25) is 0 Å². The fraction of sp³-hybridized carbons (Fsp3) is 0.812. The lowest BCUT2D eigenvalue weighted by Gasteiger charge is -2.45. The molecule has 232 valence electrons. The van der Waals surface area contributed by atoms with Gasteiger partial charge in [-0.25, -0.2) is 4.79 Å². The van der Waals surface area contributed by atoms with Crippen molar-refractivity contribution in [1.82, 2.24) is 0 Å². The molecule has 0 rings (SSSR count). The van der Waals surface area contributed by atoms with Crippen molar-refractivity contribution in [2.24, 2.45) is 5.92 Å². The lowest BCUT2D eigenvalue weighted by molar-refractivity contribution is -0.475. The van der Waals surface area contributed by atoms with Gasteiger partial charge in [0.1, 0.15) is 0 Å². The van der Waals surface area contributed by atoms with Gasteiger partial charge in [-0.3, -0.25) is 0 Å². The molecule has 0 heterocycles. The van der Waals surface area contributed by atoms with E-state index in [2.05, 4.69) is 6.58 Å². The molecule has 0 fully saturated rings. The topological polar surface area (TPSA) is 37.3 Å². The minimum absolute atomic E-state index is 0.241. The Bertz CT molecular complexity index is 944. The highest BCUT2D eigenvalue weighted by Gasteiger charge is 2.98. The summed E-state index contributed by atoms with van der Waals surface area (Å²) in [5.41, 5.74) is -2.22. The number of carboxylic acids is 1. The fourth-order valence-electron chi connectivity index (χ4n) is 2.66. The van der Waals surface area contributed by atoms with Gasteiger partial charge in [-0.05, 0) is 6.42 Å². The molecule has 0 spiro atoms. The predicted molar refractivity (Wildman–Crippen MR) is 81.1 cm³/mol. The SMILES string of the molecule is C=C(C(=O)O)C(CC)C(F)(F)C(F)(F)C(F)(F)C(F)(F)C(F)(F)C(F)(F)C(F)(F)C(F)(F)C(F)(F)C(F)(F)F. The first-order chi connectivity index (χ1) is 16.6. The molecule has 39 heavy (non-hydrogen) atoms. The van der Waals surface area contributed by atoms with Gasteiger partial charge in [0.15, 0.2) is 0 Å². The van der Waals surface area contributed by atoms with Crippen LogP contribution in [0.25, 0.3) is 0 Å². The lowest BCUT2D eigenvalue weighted by atomic mass is 9.81. The Kier molecular flexibility index (Phi) is 8.86. The number of rotatable bonds is 12. The van der Waals surface area contributed by atoms with E-state index in [4.69, 9.17) is 5.11 Å². The van der Waals surface area contributed by atoms with Gasteiger partial charge in [-0.15, -0.1) is 0 Å². The van der Waals surface area contributed by atoms with E-state index in [1.54, 1.807) is 0 Å². The molecule has 0 saturated carbocycles. The molecule has 0 aromatic carbocycles. The number of hydrogen-bond donors (Lipinski definition) is 1. The van der Waals surface area contributed by atoms with Gasteiger partial charge >= 0.3 is 65.4 Å². The third-order valence-corrected chi connectivity index (χ3v) is 5.08. The third-order valence-electron chi connectivity index (χ3n) is 5.08. The zero-order valence-electron chi connectivity index (χ0n) is 17.8. The van der Waals surface area contributed by atoms with Gasteiger partial charge < -0.3 is 5.11 Å². The van der Waals surface area contributed by atoms with E-state index in [1.807, 2.05) is 0 Å². The largest absolute Gasteiger partial charge is 0.478 e. The second kappa shape index (κ2) is 9.40. The van der Waals surface area contributed by atoms with Crippen molar-refractivity contribution in [1.29, 1.82) is 0 Å². The third kappa shape index (κ3) is 4.53. The van der Waals surface area contributed by atoms with Crippen LogP contribution in [0.3, 0.4) is 0 Å². The van der Waals surface area contributed by atoms with Crippen molar-refractivity contribution in [2.75, 3.05) is 0 Å². The van der Waals surface area contributed by atoms with E-state index < -0.39 is 83.4 Å². The van der Waals surface area contributed by atoms with Crippen LogP contribution in [0.4, 0.5) is 92.2 Å². The van der Waals surface area contributed by atoms with Crippen molar-refractivity contribution in [2.45, 2.75) is 72.8 Å². The van der Waals surface area contributed by atoms with Crippen LogP contribution in [0.5, 0.6) is 0 Å². The first kappa shape index (κ1) is 36.7. The summed E-state index contributed by atoms with van der Waals surface area (Å²) in [5.74, 6) is -84.9. The van der Waals surface area contributed by atoms with Crippen molar-refractivity contribution >= 4 is 5.97 Å². The second-order valence-electron chi connectivity index (χ2n) is 7.51. The molecule has 0 amide bonds.